The molecule has 1 aromatic rings. The summed E-state index contributed by atoms with van der Waals surface area (Å²) in [5.41, 5.74) is -0.776. The van der Waals surface area contributed by atoms with E-state index in [0.717, 1.165) is 0 Å². The number of aliphatic hydroxyl groups excluding tert-OH is 1. The number of nitro benzene ring substituents is 1. The van der Waals surface area contributed by atoms with Crippen molar-refractivity contribution >= 4 is 5.69 Å². The third-order valence-electron chi connectivity index (χ3n) is 2.63. The van der Waals surface area contributed by atoms with Gasteiger partial charge in [-0.2, -0.15) is 0 Å². The molecular weight excluding hydrogens is 236 g/mol. The lowest BCUT2D eigenvalue weighted by atomic mass is 9.92. The maximum Gasteiger partial charge on any atom is 0.316 e. The number of hydrogen-bond acceptors (Lipinski definition) is 4. The van der Waals surface area contributed by atoms with Crippen molar-refractivity contribution in [3.05, 3.63) is 33.9 Å². The Kier molecular flexibility index (Phi) is 2.93. The lowest BCUT2D eigenvalue weighted by molar-refractivity contribution is -0.386. The quantitative estimate of drug-likeness (QED) is 0.650. The number of rotatable bonds is 3. The predicted molar refractivity (Wildman–Crippen MR) is 52.7 cm³/mol. The van der Waals surface area contributed by atoms with Gasteiger partial charge in [-0.15, -0.1) is 0 Å². The molecule has 1 aliphatic carbocycles. The Bertz CT molecular complexity index is 466. The second kappa shape index (κ2) is 4.25. The predicted octanol–water partition coefficient (Wildman–Crippen LogP) is 1.78. The van der Waals surface area contributed by atoms with Gasteiger partial charge in [0.05, 0.1) is 17.1 Å². The van der Waals surface area contributed by atoms with Gasteiger partial charge in [0.15, 0.2) is 5.82 Å². The molecule has 17 heavy (non-hydrogen) atoms. The number of nitrogens with zero attached hydrogens (tertiary/aromatic N) is 1. The molecule has 1 saturated carbocycles. The third-order valence-corrected chi connectivity index (χ3v) is 2.63. The van der Waals surface area contributed by atoms with E-state index in [0.29, 0.717) is 25.0 Å². The molecule has 92 valence electrons. The molecule has 0 amide bonds. The second-order valence-electron chi connectivity index (χ2n) is 3.79. The van der Waals surface area contributed by atoms with Crippen molar-refractivity contribution < 1.29 is 23.5 Å². The van der Waals surface area contributed by atoms with Gasteiger partial charge in [-0.05, 0) is 12.8 Å². The van der Waals surface area contributed by atoms with Gasteiger partial charge in [0.1, 0.15) is 11.9 Å². The van der Waals surface area contributed by atoms with E-state index in [1.165, 1.54) is 0 Å². The second-order valence-corrected chi connectivity index (χ2v) is 3.79. The van der Waals surface area contributed by atoms with Gasteiger partial charge < -0.3 is 9.84 Å². The molecule has 1 aliphatic rings. The molecular formula is C10H9F2NO4. The van der Waals surface area contributed by atoms with Crippen molar-refractivity contribution in [1.82, 2.24) is 0 Å². The Hall–Kier alpha value is -1.76. The van der Waals surface area contributed by atoms with Crippen LogP contribution in [0.4, 0.5) is 14.5 Å². The summed E-state index contributed by atoms with van der Waals surface area (Å²) in [5, 5.41) is 19.9. The summed E-state index contributed by atoms with van der Waals surface area (Å²) in [4.78, 5) is 9.70. The molecule has 1 N–H and O–H groups in total. The minimum Gasteiger partial charge on any atom is -0.479 e. The van der Waals surface area contributed by atoms with Crippen LogP contribution < -0.4 is 4.74 Å². The molecule has 0 radical (unpaired) electrons. The fourth-order valence-corrected chi connectivity index (χ4v) is 1.54. The van der Waals surface area contributed by atoms with E-state index in [2.05, 4.69) is 0 Å². The van der Waals surface area contributed by atoms with Crippen LogP contribution in [-0.2, 0) is 0 Å². The Morgan fingerprint density at radius 1 is 1.41 bits per heavy atom. The standard InChI is InChI=1S/C10H9F2NO4/c11-5-3-6(12)10(7(4-5)13(15)16)17-9-2-1-8(9)14/h3-4,8-9,14H,1-2H2. The molecule has 0 heterocycles. The third kappa shape index (κ3) is 2.19. The van der Waals surface area contributed by atoms with Crippen molar-refractivity contribution in [2.75, 3.05) is 0 Å². The lowest BCUT2D eigenvalue weighted by Gasteiger charge is -2.32. The van der Waals surface area contributed by atoms with Crippen molar-refractivity contribution in [2.24, 2.45) is 0 Å². The summed E-state index contributed by atoms with van der Waals surface area (Å²) in [6.45, 7) is 0. The summed E-state index contributed by atoms with van der Waals surface area (Å²) in [6.07, 6.45) is -0.455. The zero-order valence-corrected chi connectivity index (χ0v) is 8.60. The summed E-state index contributed by atoms with van der Waals surface area (Å²) < 4.78 is 31.2. The van der Waals surface area contributed by atoms with Crippen molar-refractivity contribution in [3.63, 3.8) is 0 Å². The molecule has 0 bridgehead atoms. The van der Waals surface area contributed by atoms with E-state index in [1.54, 1.807) is 0 Å². The molecule has 1 fully saturated rings. The van der Waals surface area contributed by atoms with Gasteiger partial charge in [0.2, 0.25) is 5.75 Å². The highest BCUT2D eigenvalue weighted by Gasteiger charge is 2.34. The molecule has 0 aromatic heterocycles. The molecule has 2 unspecified atom stereocenters. The molecule has 2 rings (SSSR count). The van der Waals surface area contributed by atoms with Crippen LogP contribution in [0.1, 0.15) is 12.8 Å². The Morgan fingerprint density at radius 3 is 2.59 bits per heavy atom. The highest BCUT2D eigenvalue weighted by Crippen LogP contribution is 2.35. The monoisotopic (exact) mass is 245 g/mol. The van der Waals surface area contributed by atoms with Crippen LogP contribution in [0.2, 0.25) is 0 Å². The van der Waals surface area contributed by atoms with Crippen LogP contribution >= 0.6 is 0 Å². The summed E-state index contributed by atoms with van der Waals surface area (Å²) in [5.74, 6) is -2.81. The number of hydrogen-bond donors (Lipinski definition) is 1. The van der Waals surface area contributed by atoms with Gasteiger partial charge in [0, 0.05) is 6.07 Å². The minimum atomic E-state index is -1.14. The fourth-order valence-electron chi connectivity index (χ4n) is 1.54. The largest absolute Gasteiger partial charge is 0.479 e. The normalized spacial score (nSPS) is 23.0. The van der Waals surface area contributed by atoms with Gasteiger partial charge >= 0.3 is 5.69 Å². The van der Waals surface area contributed by atoms with Gasteiger partial charge in [-0.3, -0.25) is 10.1 Å². The maximum atomic E-state index is 13.4. The zero-order valence-electron chi connectivity index (χ0n) is 8.60. The molecule has 0 aliphatic heterocycles. The van der Waals surface area contributed by atoms with E-state index in [4.69, 9.17) is 4.74 Å². The van der Waals surface area contributed by atoms with Crippen LogP contribution in [0.5, 0.6) is 5.75 Å². The Labute approximate surface area is 94.8 Å². The highest BCUT2D eigenvalue weighted by molar-refractivity contribution is 5.47. The summed E-state index contributed by atoms with van der Waals surface area (Å²) in [7, 11) is 0. The van der Waals surface area contributed by atoms with Crippen LogP contribution in [0, 0.1) is 21.7 Å². The van der Waals surface area contributed by atoms with E-state index < -0.39 is 40.2 Å². The van der Waals surface area contributed by atoms with Crippen molar-refractivity contribution in [2.45, 2.75) is 25.0 Å². The van der Waals surface area contributed by atoms with Crippen LogP contribution in [0.3, 0.4) is 0 Å². The number of nitro groups is 1. The average molecular weight is 245 g/mol. The SMILES string of the molecule is O=[N+]([O-])c1cc(F)cc(F)c1OC1CCC1O. The number of ether oxygens (including phenoxy) is 1. The van der Waals surface area contributed by atoms with Crippen molar-refractivity contribution in [3.8, 4) is 5.75 Å². The van der Waals surface area contributed by atoms with E-state index in [9.17, 15) is 24.0 Å². The fraction of sp³-hybridized carbons (Fsp3) is 0.400. The topological polar surface area (TPSA) is 72.6 Å². The lowest BCUT2D eigenvalue weighted by Crippen LogP contribution is -2.41. The summed E-state index contributed by atoms with van der Waals surface area (Å²) in [6, 6.07) is 1.09. The smallest absolute Gasteiger partial charge is 0.316 e. The first-order chi connectivity index (χ1) is 7.99. The first-order valence-electron chi connectivity index (χ1n) is 4.97. The summed E-state index contributed by atoms with van der Waals surface area (Å²) >= 11 is 0. The Balaban J connectivity index is 2.33. The molecule has 7 heteroatoms. The minimum absolute atomic E-state index is 0.481. The first-order valence-corrected chi connectivity index (χ1v) is 4.97. The average Bonchev–Trinajstić information content (AvgIpc) is 2.24. The molecule has 2 atom stereocenters. The molecule has 5 nitrogen and oxygen atoms in total. The van der Waals surface area contributed by atoms with Crippen molar-refractivity contribution in [1.29, 1.82) is 0 Å². The van der Waals surface area contributed by atoms with Gasteiger partial charge in [-0.25, -0.2) is 8.78 Å². The van der Waals surface area contributed by atoms with E-state index in [1.807, 2.05) is 0 Å². The zero-order chi connectivity index (χ0) is 12.6. The number of aliphatic hydroxyl groups is 1. The Morgan fingerprint density at radius 2 is 2.12 bits per heavy atom. The molecule has 1 aromatic carbocycles. The van der Waals surface area contributed by atoms with Crippen LogP contribution in [-0.4, -0.2) is 22.2 Å². The maximum absolute atomic E-state index is 13.4. The number of halogens is 2. The molecule has 0 spiro atoms. The molecule has 0 saturated heterocycles. The first kappa shape index (κ1) is 11.7. The number of benzene rings is 1. The van der Waals surface area contributed by atoms with Crippen LogP contribution in [0.25, 0.3) is 0 Å². The highest BCUT2D eigenvalue weighted by atomic mass is 19.1. The van der Waals surface area contributed by atoms with Gasteiger partial charge in [0.25, 0.3) is 0 Å². The van der Waals surface area contributed by atoms with Gasteiger partial charge in [-0.1, -0.05) is 0 Å². The van der Waals surface area contributed by atoms with E-state index >= 15 is 0 Å². The van der Waals surface area contributed by atoms with E-state index in [-0.39, 0.29) is 0 Å². The van der Waals surface area contributed by atoms with Crippen LogP contribution in [0.15, 0.2) is 12.1 Å².